The third-order valence-electron chi connectivity index (χ3n) is 2.06. The maximum absolute atomic E-state index is 11.1. The lowest BCUT2D eigenvalue weighted by Gasteiger charge is -2.02. The molecule has 0 unspecified atom stereocenters. The minimum Gasteiger partial charge on any atom is -0.295 e. The van der Waals surface area contributed by atoms with Crippen LogP contribution in [0, 0.1) is 0 Å². The molecule has 4 heteroatoms. The Bertz CT molecular complexity index is 496. The van der Waals surface area contributed by atoms with Crippen molar-refractivity contribution in [3.63, 3.8) is 0 Å². The number of benzene rings is 1. The molecule has 2 rings (SSSR count). The first-order valence-electron chi connectivity index (χ1n) is 4.81. The Morgan fingerprint density at radius 2 is 2.20 bits per heavy atom. The fourth-order valence-corrected chi connectivity index (χ4v) is 1.25. The maximum atomic E-state index is 11.1. The van der Waals surface area contributed by atoms with Gasteiger partial charge in [0.15, 0.2) is 0 Å². The van der Waals surface area contributed by atoms with E-state index in [1.807, 2.05) is 24.3 Å². The fraction of sp³-hybridized carbons (Fsp3) is 0.182. The van der Waals surface area contributed by atoms with Crippen molar-refractivity contribution in [1.82, 2.24) is 9.97 Å². The number of carbonyl (C=O) groups is 1. The normalized spacial score (nSPS) is 10.2. The quantitative estimate of drug-likeness (QED) is 0.808. The van der Waals surface area contributed by atoms with Gasteiger partial charge in [-0.1, -0.05) is 25.1 Å². The molecule has 15 heavy (non-hydrogen) atoms. The predicted octanol–water partition coefficient (Wildman–Crippen LogP) is 1.98. The van der Waals surface area contributed by atoms with E-state index in [0.29, 0.717) is 12.4 Å². The van der Waals surface area contributed by atoms with Crippen LogP contribution in [0.3, 0.4) is 0 Å². The van der Waals surface area contributed by atoms with Crippen LogP contribution in [0.25, 0.3) is 10.9 Å². The van der Waals surface area contributed by atoms with Gasteiger partial charge < -0.3 is 0 Å². The van der Waals surface area contributed by atoms with Gasteiger partial charge in [-0.3, -0.25) is 10.1 Å². The molecular formula is C11H11N3O. The summed E-state index contributed by atoms with van der Waals surface area (Å²) in [5, 5.41) is 3.59. The monoisotopic (exact) mass is 201 g/mol. The minimum absolute atomic E-state index is 0.0784. The molecule has 0 aliphatic heterocycles. The van der Waals surface area contributed by atoms with E-state index in [0.717, 1.165) is 10.9 Å². The van der Waals surface area contributed by atoms with E-state index in [1.165, 1.54) is 0 Å². The molecule has 1 aromatic carbocycles. The number of hydrogen-bond acceptors (Lipinski definition) is 3. The topological polar surface area (TPSA) is 54.9 Å². The lowest BCUT2D eigenvalue weighted by atomic mass is 10.2. The van der Waals surface area contributed by atoms with E-state index in [4.69, 9.17) is 0 Å². The zero-order valence-electron chi connectivity index (χ0n) is 8.40. The number of rotatable bonds is 2. The van der Waals surface area contributed by atoms with E-state index in [1.54, 1.807) is 13.1 Å². The summed E-state index contributed by atoms with van der Waals surface area (Å²) in [5.74, 6) is 0.283. The minimum atomic E-state index is -0.0784. The number of amides is 1. The van der Waals surface area contributed by atoms with E-state index in [2.05, 4.69) is 15.3 Å². The average Bonchev–Trinajstić information content (AvgIpc) is 2.29. The second-order valence-electron chi connectivity index (χ2n) is 3.15. The van der Waals surface area contributed by atoms with Crippen molar-refractivity contribution >= 4 is 22.8 Å². The fourth-order valence-electron chi connectivity index (χ4n) is 1.25. The molecule has 0 spiro atoms. The van der Waals surface area contributed by atoms with Gasteiger partial charge in [0, 0.05) is 18.0 Å². The summed E-state index contributed by atoms with van der Waals surface area (Å²) in [4.78, 5) is 19.4. The number of nitrogens with one attached hydrogen (secondary N) is 1. The average molecular weight is 201 g/mol. The van der Waals surface area contributed by atoms with Crippen LogP contribution in [0.4, 0.5) is 5.95 Å². The van der Waals surface area contributed by atoms with Crippen molar-refractivity contribution < 1.29 is 4.79 Å². The summed E-state index contributed by atoms with van der Waals surface area (Å²) in [5.41, 5.74) is 0.832. The molecule has 0 aliphatic carbocycles. The lowest BCUT2D eigenvalue weighted by Crippen LogP contribution is -2.11. The highest BCUT2D eigenvalue weighted by Gasteiger charge is 2.02. The standard InChI is InChI=1S/C11H11N3O/c1-2-10(15)14-11-12-7-8-5-3-4-6-9(8)13-11/h3-7H,2H2,1H3,(H,12,13,14,15). The highest BCUT2D eigenvalue weighted by molar-refractivity contribution is 5.89. The molecule has 1 heterocycles. The van der Waals surface area contributed by atoms with Crippen LogP contribution in [0.15, 0.2) is 30.5 Å². The number of nitrogens with zero attached hydrogens (tertiary/aromatic N) is 2. The second-order valence-corrected chi connectivity index (χ2v) is 3.15. The number of aromatic nitrogens is 2. The van der Waals surface area contributed by atoms with Gasteiger partial charge in [-0.25, -0.2) is 9.97 Å². The van der Waals surface area contributed by atoms with Crippen LogP contribution in [-0.4, -0.2) is 15.9 Å². The number of fused-ring (bicyclic) bond motifs is 1. The van der Waals surface area contributed by atoms with E-state index >= 15 is 0 Å². The zero-order valence-corrected chi connectivity index (χ0v) is 8.40. The SMILES string of the molecule is CCC(=O)Nc1ncc2ccccc2n1. The van der Waals surface area contributed by atoms with Gasteiger partial charge in [-0.05, 0) is 6.07 Å². The van der Waals surface area contributed by atoms with Gasteiger partial charge >= 0.3 is 0 Å². The maximum Gasteiger partial charge on any atom is 0.229 e. The highest BCUT2D eigenvalue weighted by Crippen LogP contribution is 2.11. The molecule has 0 saturated heterocycles. The summed E-state index contributed by atoms with van der Waals surface area (Å²) in [6, 6.07) is 7.65. The lowest BCUT2D eigenvalue weighted by molar-refractivity contribution is -0.115. The van der Waals surface area contributed by atoms with Crippen LogP contribution >= 0.6 is 0 Å². The molecule has 0 saturated carbocycles. The van der Waals surface area contributed by atoms with Gasteiger partial charge in [-0.2, -0.15) is 0 Å². The van der Waals surface area contributed by atoms with Crippen LogP contribution in [0.2, 0.25) is 0 Å². The molecule has 1 aromatic heterocycles. The molecule has 0 aliphatic rings. The molecule has 0 radical (unpaired) electrons. The number of carbonyl (C=O) groups excluding carboxylic acids is 1. The van der Waals surface area contributed by atoms with Crippen molar-refractivity contribution in [2.75, 3.05) is 5.32 Å². The Hall–Kier alpha value is -1.97. The van der Waals surface area contributed by atoms with Gasteiger partial charge in [0.25, 0.3) is 0 Å². The van der Waals surface area contributed by atoms with Gasteiger partial charge in [0.1, 0.15) is 0 Å². The van der Waals surface area contributed by atoms with Crippen molar-refractivity contribution in [1.29, 1.82) is 0 Å². The van der Waals surface area contributed by atoms with Crippen molar-refractivity contribution in [2.45, 2.75) is 13.3 Å². The Balaban J connectivity index is 2.34. The first-order chi connectivity index (χ1) is 7.29. The summed E-state index contributed by atoms with van der Waals surface area (Å²) in [7, 11) is 0. The van der Waals surface area contributed by atoms with Crippen molar-refractivity contribution in [3.8, 4) is 0 Å². The van der Waals surface area contributed by atoms with Crippen LogP contribution in [0.1, 0.15) is 13.3 Å². The zero-order chi connectivity index (χ0) is 10.7. The molecule has 1 amide bonds. The predicted molar refractivity (Wildman–Crippen MR) is 58.5 cm³/mol. The van der Waals surface area contributed by atoms with E-state index in [-0.39, 0.29) is 5.91 Å². The first kappa shape index (κ1) is 9.58. The molecule has 76 valence electrons. The summed E-state index contributed by atoms with van der Waals surface area (Å²) in [6.45, 7) is 1.79. The first-order valence-corrected chi connectivity index (χ1v) is 4.81. The van der Waals surface area contributed by atoms with Crippen molar-refractivity contribution in [3.05, 3.63) is 30.5 Å². The third kappa shape index (κ3) is 2.10. The summed E-state index contributed by atoms with van der Waals surface area (Å²) in [6.07, 6.45) is 2.13. The van der Waals surface area contributed by atoms with E-state index in [9.17, 15) is 4.79 Å². The van der Waals surface area contributed by atoms with Gasteiger partial charge in [-0.15, -0.1) is 0 Å². The Kier molecular flexibility index (Phi) is 2.58. The van der Waals surface area contributed by atoms with Gasteiger partial charge in [0.2, 0.25) is 11.9 Å². The Morgan fingerprint density at radius 1 is 1.40 bits per heavy atom. The second kappa shape index (κ2) is 4.04. The van der Waals surface area contributed by atoms with Crippen LogP contribution < -0.4 is 5.32 Å². The molecule has 0 bridgehead atoms. The van der Waals surface area contributed by atoms with Crippen LogP contribution in [0.5, 0.6) is 0 Å². The molecule has 1 N–H and O–H groups in total. The van der Waals surface area contributed by atoms with E-state index < -0.39 is 0 Å². The smallest absolute Gasteiger partial charge is 0.229 e. The summed E-state index contributed by atoms with van der Waals surface area (Å²) < 4.78 is 0. The highest BCUT2D eigenvalue weighted by atomic mass is 16.1. The molecule has 2 aromatic rings. The number of para-hydroxylation sites is 1. The van der Waals surface area contributed by atoms with Gasteiger partial charge in [0.05, 0.1) is 5.52 Å². The largest absolute Gasteiger partial charge is 0.295 e. The number of anilines is 1. The molecular weight excluding hydrogens is 190 g/mol. The molecule has 0 fully saturated rings. The van der Waals surface area contributed by atoms with Crippen molar-refractivity contribution in [2.24, 2.45) is 0 Å². The molecule has 0 atom stereocenters. The summed E-state index contributed by atoms with van der Waals surface area (Å²) >= 11 is 0. The molecule has 4 nitrogen and oxygen atoms in total. The third-order valence-corrected chi connectivity index (χ3v) is 2.06. The van der Waals surface area contributed by atoms with Crippen LogP contribution in [-0.2, 0) is 4.79 Å². The Labute approximate surface area is 87.4 Å². The Morgan fingerprint density at radius 3 is 3.00 bits per heavy atom. The number of hydrogen-bond donors (Lipinski definition) is 1.